The molecule has 0 aromatic carbocycles. The molecule has 1 saturated heterocycles. The summed E-state index contributed by atoms with van der Waals surface area (Å²) in [5.41, 5.74) is 0. The Kier molecular flexibility index (Phi) is 10.0. The molecule has 1 aliphatic rings. The molecule has 0 saturated carbocycles. The van der Waals surface area contributed by atoms with Crippen molar-refractivity contribution < 1.29 is 27.4 Å². The van der Waals surface area contributed by atoms with E-state index in [1.54, 1.807) is 0 Å². The highest BCUT2D eigenvalue weighted by atomic mass is 32.2. The van der Waals surface area contributed by atoms with Crippen LogP contribution in [0.25, 0.3) is 12.2 Å². The quantitative estimate of drug-likeness (QED) is 0.329. The minimum atomic E-state index is -4.05. The molecular weight excluding hydrogens is 440 g/mol. The third-order valence-electron chi connectivity index (χ3n) is 4.12. The van der Waals surface area contributed by atoms with E-state index in [-0.39, 0.29) is 39.5 Å². The molecule has 174 valence electrons. The van der Waals surface area contributed by atoms with Gasteiger partial charge in [-0.3, -0.25) is 0 Å². The number of ether oxygens (including phenoxy) is 3. The van der Waals surface area contributed by atoms with Crippen molar-refractivity contribution in [3.8, 4) is 12.3 Å². The first kappa shape index (κ1) is 25.2. The van der Waals surface area contributed by atoms with Gasteiger partial charge in [-0.25, -0.2) is 14.5 Å². The van der Waals surface area contributed by atoms with Crippen LogP contribution in [0, 0.1) is 12.3 Å². The van der Waals surface area contributed by atoms with Crippen molar-refractivity contribution >= 4 is 34.4 Å². The fraction of sp³-hybridized carbons (Fsp3) is 0.474. The average Bonchev–Trinajstić information content (AvgIpc) is 2.80. The maximum atomic E-state index is 12.4. The Morgan fingerprint density at radius 3 is 2.22 bits per heavy atom. The molecule has 0 bridgehead atoms. The van der Waals surface area contributed by atoms with Gasteiger partial charge in [-0.15, -0.1) is 6.42 Å². The lowest BCUT2D eigenvalue weighted by atomic mass is 10.4. The minimum absolute atomic E-state index is 0.0941. The Morgan fingerprint density at radius 2 is 1.62 bits per heavy atom. The summed E-state index contributed by atoms with van der Waals surface area (Å²) in [5, 5.41) is 0. The summed E-state index contributed by atoms with van der Waals surface area (Å²) >= 11 is 0. The lowest BCUT2D eigenvalue weighted by Crippen LogP contribution is -2.53. The van der Waals surface area contributed by atoms with Crippen LogP contribution in [-0.4, -0.2) is 93.0 Å². The van der Waals surface area contributed by atoms with Crippen molar-refractivity contribution in [3.05, 3.63) is 24.8 Å². The Balaban J connectivity index is 1.76. The molecule has 2 rings (SSSR count). The van der Waals surface area contributed by atoms with Gasteiger partial charge in [0.25, 0.3) is 0 Å². The number of piperazine rings is 1. The Bertz CT molecular complexity index is 914. The molecule has 1 aromatic heterocycles. The number of amides is 1. The van der Waals surface area contributed by atoms with Gasteiger partial charge in [-0.2, -0.15) is 22.7 Å². The molecule has 1 fully saturated rings. The summed E-state index contributed by atoms with van der Waals surface area (Å²) in [4.78, 5) is 26.3. The van der Waals surface area contributed by atoms with E-state index in [0.717, 1.165) is 4.31 Å². The number of carbonyl (C=O) groups excluding carboxylic acids is 1. The minimum Gasteiger partial charge on any atom is -0.446 e. The summed E-state index contributed by atoms with van der Waals surface area (Å²) in [5.74, 6) is 3.51. The normalized spacial score (nSPS) is 14.4. The summed E-state index contributed by atoms with van der Waals surface area (Å²) in [6.07, 6.45) is 6.94. The Morgan fingerprint density at radius 1 is 1.03 bits per heavy atom. The zero-order chi connectivity index (χ0) is 23.4. The van der Waals surface area contributed by atoms with Crippen LogP contribution in [-0.2, 0) is 24.4 Å². The lowest BCUT2D eigenvalue weighted by molar-refractivity contribution is 0.0367. The summed E-state index contributed by atoms with van der Waals surface area (Å²) in [7, 11) is -4.05. The number of hydrogen-bond donors (Lipinski definition) is 1. The number of rotatable bonds is 12. The summed E-state index contributed by atoms with van der Waals surface area (Å²) < 4.78 is 42.9. The van der Waals surface area contributed by atoms with Crippen LogP contribution in [0.15, 0.2) is 13.2 Å². The Labute approximate surface area is 187 Å². The van der Waals surface area contributed by atoms with Gasteiger partial charge in [0.1, 0.15) is 13.2 Å². The number of hydrogen-bond acceptors (Lipinski definition) is 10. The van der Waals surface area contributed by atoms with E-state index in [2.05, 4.69) is 34.0 Å². The van der Waals surface area contributed by atoms with Crippen LogP contribution in [0.1, 0.15) is 11.6 Å². The van der Waals surface area contributed by atoms with Crippen molar-refractivity contribution in [1.29, 1.82) is 0 Å². The van der Waals surface area contributed by atoms with E-state index in [0.29, 0.717) is 37.3 Å². The van der Waals surface area contributed by atoms with Crippen molar-refractivity contribution in [1.82, 2.24) is 24.0 Å². The van der Waals surface area contributed by atoms with Gasteiger partial charge in [-0.1, -0.05) is 19.1 Å². The number of nitrogens with one attached hydrogen (secondary N) is 1. The van der Waals surface area contributed by atoms with Crippen LogP contribution in [0.3, 0.4) is 0 Å². The highest BCUT2D eigenvalue weighted by Gasteiger charge is 2.30. The average molecular weight is 467 g/mol. The van der Waals surface area contributed by atoms with Gasteiger partial charge >= 0.3 is 16.3 Å². The molecule has 0 spiro atoms. The van der Waals surface area contributed by atoms with Gasteiger partial charge in [0.05, 0.1) is 19.8 Å². The second-order valence-electron chi connectivity index (χ2n) is 6.26. The maximum Gasteiger partial charge on any atom is 0.422 e. The van der Waals surface area contributed by atoms with Crippen LogP contribution in [0.5, 0.6) is 0 Å². The summed E-state index contributed by atoms with van der Waals surface area (Å²) in [6, 6.07) is 0. The highest BCUT2D eigenvalue weighted by molar-refractivity contribution is 7.87. The number of aromatic nitrogens is 3. The molecular formula is C19H26N6O6S. The topological polar surface area (TPSA) is 136 Å². The molecule has 12 nitrogen and oxygen atoms in total. The molecule has 1 amide bonds. The van der Waals surface area contributed by atoms with Crippen LogP contribution in [0.2, 0.25) is 0 Å². The second-order valence-corrected chi connectivity index (χ2v) is 7.93. The molecule has 13 heteroatoms. The molecule has 0 unspecified atom stereocenters. The van der Waals surface area contributed by atoms with Gasteiger partial charge in [0.2, 0.25) is 5.95 Å². The van der Waals surface area contributed by atoms with Crippen LogP contribution >= 0.6 is 0 Å². The number of nitrogens with zero attached hydrogens (tertiary/aromatic N) is 5. The van der Waals surface area contributed by atoms with Crippen molar-refractivity contribution in [3.63, 3.8) is 0 Å². The van der Waals surface area contributed by atoms with Crippen LogP contribution < -0.4 is 9.62 Å². The molecule has 32 heavy (non-hydrogen) atoms. The first-order valence-electron chi connectivity index (χ1n) is 9.69. The molecule has 0 atom stereocenters. The van der Waals surface area contributed by atoms with E-state index in [4.69, 9.17) is 20.6 Å². The predicted octanol–water partition coefficient (Wildman–Crippen LogP) is -0.0830. The molecule has 0 radical (unpaired) electrons. The van der Waals surface area contributed by atoms with Crippen molar-refractivity contribution in [2.75, 3.05) is 64.1 Å². The molecule has 0 aliphatic carbocycles. The standard InChI is InChI=1S/C19H26N6O6S/c1-4-11-29-12-13-30-14-15-31-19(26)23-32(27,28)25-9-7-24(8-10-25)18-21-16(5-2)20-17(6-3)22-18/h1,5-6H,2-3,7-15H2,(H,23,26). The van der Waals surface area contributed by atoms with E-state index >= 15 is 0 Å². The third kappa shape index (κ3) is 7.89. The maximum absolute atomic E-state index is 12.4. The Hall–Kier alpha value is -3.05. The van der Waals surface area contributed by atoms with E-state index in [1.165, 1.54) is 12.2 Å². The van der Waals surface area contributed by atoms with Crippen LogP contribution in [0.4, 0.5) is 10.7 Å². The number of carbonyl (C=O) groups is 1. The monoisotopic (exact) mass is 466 g/mol. The molecule has 1 aromatic rings. The van der Waals surface area contributed by atoms with Crippen molar-refractivity contribution in [2.24, 2.45) is 0 Å². The highest BCUT2D eigenvalue weighted by Crippen LogP contribution is 2.14. The van der Waals surface area contributed by atoms with Gasteiger partial charge in [-0.05, 0) is 12.2 Å². The SMILES string of the molecule is C#CCOCCOCCOC(=O)NS(=O)(=O)N1CCN(c2nc(C=C)nc(C=C)n2)CC1. The van der Waals surface area contributed by atoms with Gasteiger partial charge < -0.3 is 19.1 Å². The summed E-state index contributed by atoms with van der Waals surface area (Å²) in [6.45, 7) is 8.95. The first-order valence-corrected chi connectivity index (χ1v) is 11.1. The lowest BCUT2D eigenvalue weighted by Gasteiger charge is -2.33. The smallest absolute Gasteiger partial charge is 0.422 e. The molecule has 1 aliphatic heterocycles. The molecule has 2 heterocycles. The fourth-order valence-corrected chi connectivity index (χ4v) is 3.64. The predicted molar refractivity (Wildman–Crippen MR) is 118 cm³/mol. The van der Waals surface area contributed by atoms with E-state index in [9.17, 15) is 13.2 Å². The third-order valence-corrected chi connectivity index (χ3v) is 5.58. The van der Waals surface area contributed by atoms with Gasteiger partial charge in [0.15, 0.2) is 11.6 Å². The van der Waals surface area contributed by atoms with Crippen molar-refractivity contribution in [2.45, 2.75) is 0 Å². The zero-order valence-corrected chi connectivity index (χ0v) is 18.4. The van der Waals surface area contributed by atoms with E-state index < -0.39 is 16.3 Å². The molecule has 1 N–H and O–H groups in total. The van der Waals surface area contributed by atoms with E-state index in [1.807, 2.05) is 9.62 Å². The number of terminal acetylenes is 1. The second kappa shape index (κ2) is 12.7. The van der Waals surface area contributed by atoms with Gasteiger partial charge in [0, 0.05) is 26.2 Å². The number of anilines is 1. The first-order chi connectivity index (χ1) is 15.4. The fourth-order valence-electron chi connectivity index (χ4n) is 2.59. The zero-order valence-electron chi connectivity index (χ0n) is 17.6. The largest absolute Gasteiger partial charge is 0.446 e.